The van der Waals surface area contributed by atoms with Gasteiger partial charge >= 0.3 is 13.5 Å². The van der Waals surface area contributed by atoms with E-state index in [9.17, 15) is 19.3 Å². The molecular formula is C14H25N4O8P. The maximum atomic E-state index is 12.1. The number of ether oxygens (including phenoxy) is 1. The fourth-order valence-electron chi connectivity index (χ4n) is 2.69. The molecule has 1 aliphatic rings. The van der Waals surface area contributed by atoms with Gasteiger partial charge in [-0.05, 0) is 25.9 Å². The number of hydrogen-bond acceptors (Lipinski definition) is 8. The van der Waals surface area contributed by atoms with E-state index in [-0.39, 0.29) is 13.0 Å². The first-order valence-corrected chi connectivity index (χ1v) is 10.0. The Hall–Kier alpha value is -1.37. The highest BCUT2D eigenvalue weighted by Crippen LogP contribution is 2.38. The van der Waals surface area contributed by atoms with Crippen molar-refractivity contribution in [2.75, 3.05) is 19.7 Å². The second-order valence-corrected chi connectivity index (χ2v) is 7.45. The minimum atomic E-state index is -4.70. The van der Waals surface area contributed by atoms with Crippen molar-refractivity contribution in [1.29, 1.82) is 0 Å². The standard InChI is InChI=1S/C14H25N4O8P/c15-3-1-2-4-16-6-9-7-18(14(21)17-13(9)20)12-5-10(19)11(26-12)8-25-27(22,23)24/h7,10-12,16,19H,1-6,8,15H2,(H,17,20,21)(H2,22,23,24)/t10?,11-,12-/m0/s1. The molecule has 27 heavy (non-hydrogen) atoms. The zero-order chi connectivity index (χ0) is 20.0. The van der Waals surface area contributed by atoms with Gasteiger partial charge in [-0.25, -0.2) is 9.36 Å². The van der Waals surface area contributed by atoms with Crippen LogP contribution in [0.1, 0.15) is 31.1 Å². The first kappa shape index (κ1) is 21.9. The van der Waals surface area contributed by atoms with Gasteiger partial charge in [0.15, 0.2) is 0 Å². The molecule has 0 aliphatic carbocycles. The molecule has 0 saturated carbocycles. The van der Waals surface area contributed by atoms with Gasteiger partial charge < -0.3 is 30.7 Å². The molecule has 2 rings (SSSR count). The largest absolute Gasteiger partial charge is 0.469 e. The molecule has 0 amide bonds. The first-order chi connectivity index (χ1) is 12.7. The Balaban J connectivity index is 2.05. The molecule has 3 atom stereocenters. The molecule has 154 valence electrons. The number of rotatable bonds is 10. The van der Waals surface area contributed by atoms with E-state index in [1.54, 1.807) is 0 Å². The van der Waals surface area contributed by atoms with Crippen molar-refractivity contribution < 1.29 is 28.7 Å². The fraction of sp³-hybridized carbons (Fsp3) is 0.714. The summed E-state index contributed by atoms with van der Waals surface area (Å²) >= 11 is 0. The van der Waals surface area contributed by atoms with Crippen molar-refractivity contribution in [3.63, 3.8) is 0 Å². The number of aliphatic hydroxyl groups is 1. The summed E-state index contributed by atoms with van der Waals surface area (Å²) in [6.45, 7) is 0.952. The summed E-state index contributed by atoms with van der Waals surface area (Å²) in [4.78, 5) is 43.7. The Kier molecular flexibility index (Phi) is 7.89. The Morgan fingerprint density at radius 2 is 2.15 bits per heavy atom. The van der Waals surface area contributed by atoms with Crippen LogP contribution in [0.15, 0.2) is 15.8 Å². The van der Waals surface area contributed by atoms with E-state index in [0.29, 0.717) is 18.7 Å². The van der Waals surface area contributed by atoms with Gasteiger partial charge in [-0.1, -0.05) is 0 Å². The average molecular weight is 408 g/mol. The molecule has 0 aromatic carbocycles. The molecule has 12 nitrogen and oxygen atoms in total. The molecule has 0 bridgehead atoms. The normalized spacial score (nSPS) is 23.0. The summed E-state index contributed by atoms with van der Waals surface area (Å²) in [7, 11) is -4.70. The summed E-state index contributed by atoms with van der Waals surface area (Å²) in [5, 5.41) is 13.1. The van der Waals surface area contributed by atoms with Gasteiger partial charge in [0.1, 0.15) is 12.3 Å². The summed E-state index contributed by atoms with van der Waals surface area (Å²) in [5.74, 6) is 0. The lowest BCUT2D eigenvalue weighted by Gasteiger charge is -2.17. The average Bonchev–Trinajstić information content (AvgIpc) is 2.94. The van der Waals surface area contributed by atoms with Crippen LogP contribution in [0.2, 0.25) is 0 Å². The Morgan fingerprint density at radius 3 is 2.81 bits per heavy atom. The van der Waals surface area contributed by atoms with Crippen molar-refractivity contribution in [1.82, 2.24) is 14.9 Å². The third-order valence-corrected chi connectivity index (χ3v) is 4.57. The van der Waals surface area contributed by atoms with Gasteiger partial charge in [-0.2, -0.15) is 0 Å². The first-order valence-electron chi connectivity index (χ1n) is 8.50. The Morgan fingerprint density at radius 1 is 1.41 bits per heavy atom. The molecule has 1 aromatic rings. The molecule has 2 heterocycles. The molecule has 1 unspecified atom stereocenters. The highest BCUT2D eigenvalue weighted by Gasteiger charge is 2.37. The number of phosphoric ester groups is 1. The lowest BCUT2D eigenvalue weighted by molar-refractivity contribution is -0.0451. The number of nitrogens with two attached hydrogens (primary N) is 1. The number of phosphoric acid groups is 1. The SMILES string of the molecule is NCCCCNCc1cn([C@@H]2CC(O)[C@H](COP(=O)(O)O)O2)c(=O)[nH]c1=O. The van der Waals surface area contributed by atoms with E-state index in [2.05, 4.69) is 14.8 Å². The summed E-state index contributed by atoms with van der Waals surface area (Å²) in [6, 6.07) is 0. The quantitative estimate of drug-likeness (QED) is 0.189. The monoisotopic (exact) mass is 408 g/mol. The molecular weight excluding hydrogens is 383 g/mol. The van der Waals surface area contributed by atoms with Crippen LogP contribution in [0.4, 0.5) is 0 Å². The van der Waals surface area contributed by atoms with E-state index in [1.165, 1.54) is 6.20 Å². The predicted octanol–water partition coefficient (Wildman–Crippen LogP) is -1.88. The fourth-order valence-corrected chi connectivity index (χ4v) is 3.03. The molecule has 1 fully saturated rings. The van der Waals surface area contributed by atoms with Crippen molar-refractivity contribution >= 4 is 7.82 Å². The minimum absolute atomic E-state index is 0.00447. The smallest absolute Gasteiger partial charge is 0.390 e. The van der Waals surface area contributed by atoms with Gasteiger partial charge in [0.25, 0.3) is 5.56 Å². The number of nitrogens with zero attached hydrogens (tertiary/aromatic N) is 1. The zero-order valence-electron chi connectivity index (χ0n) is 14.6. The molecule has 13 heteroatoms. The van der Waals surface area contributed by atoms with E-state index in [0.717, 1.165) is 17.4 Å². The molecule has 1 aliphatic heterocycles. The van der Waals surface area contributed by atoms with E-state index in [1.807, 2.05) is 0 Å². The van der Waals surface area contributed by atoms with Gasteiger partial charge in [0, 0.05) is 24.7 Å². The lowest BCUT2D eigenvalue weighted by Crippen LogP contribution is -2.35. The highest BCUT2D eigenvalue weighted by molar-refractivity contribution is 7.46. The summed E-state index contributed by atoms with van der Waals surface area (Å²) < 4.78 is 21.7. The predicted molar refractivity (Wildman–Crippen MR) is 93.8 cm³/mol. The number of nitrogens with one attached hydrogen (secondary N) is 2. The van der Waals surface area contributed by atoms with Crippen LogP contribution in [-0.2, 0) is 20.4 Å². The number of unbranched alkanes of at least 4 members (excludes halogenated alkanes) is 1. The van der Waals surface area contributed by atoms with Crippen LogP contribution in [0.3, 0.4) is 0 Å². The molecule has 1 aromatic heterocycles. The maximum absolute atomic E-state index is 12.1. The van der Waals surface area contributed by atoms with Gasteiger partial charge in [-0.15, -0.1) is 0 Å². The summed E-state index contributed by atoms with van der Waals surface area (Å²) in [5.41, 5.74) is 4.49. The number of hydrogen-bond donors (Lipinski definition) is 6. The lowest BCUT2D eigenvalue weighted by atomic mass is 10.2. The third kappa shape index (κ3) is 6.63. The highest BCUT2D eigenvalue weighted by atomic mass is 31.2. The molecule has 0 radical (unpaired) electrons. The van der Waals surface area contributed by atoms with Crippen LogP contribution < -0.4 is 22.3 Å². The number of aromatic nitrogens is 2. The second-order valence-electron chi connectivity index (χ2n) is 6.21. The van der Waals surface area contributed by atoms with Gasteiger partial charge in [0.2, 0.25) is 0 Å². The Bertz CT molecular complexity index is 775. The van der Waals surface area contributed by atoms with Crippen molar-refractivity contribution in [2.45, 2.75) is 44.2 Å². The van der Waals surface area contributed by atoms with Crippen molar-refractivity contribution in [3.8, 4) is 0 Å². The molecule has 1 saturated heterocycles. The zero-order valence-corrected chi connectivity index (χ0v) is 15.5. The van der Waals surface area contributed by atoms with Crippen molar-refractivity contribution in [3.05, 3.63) is 32.6 Å². The van der Waals surface area contributed by atoms with Crippen LogP contribution in [0.25, 0.3) is 0 Å². The van der Waals surface area contributed by atoms with E-state index < -0.39 is 44.1 Å². The summed E-state index contributed by atoms with van der Waals surface area (Å²) in [6.07, 6.45) is 0.0656. The van der Waals surface area contributed by atoms with Gasteiger partial charge in [-0.3, -0.25) is 18.9 Å². The van der Waals surface area contributed by atoms with E-state index >= 15 is 0 Å². The number of H-pyrrole nitrogens is 1. The maximum Gasteiger partial charge on any atom is 0.469 e. The van der Waals surface area contributed by atoms with Crippen LogP contribution >= 0.6 is 7.82 Å². The van der Waals surface area contributed by atoms with Gasteiger partial charge in [0.05, 0.1) is 12.7 Å². The third-order valence-electron chi connectivity index (χ3n) is 4.09. The number of aliphatic hydroxyl groups excluding tert-OH is 1. The second kappa shape index (κ2) is 9.71. The van der Waals surface area contributed by atoms with Crippen molar-refractivity contribution in [2.24, 2.45) is 5.73 Å². The molecule has 7 N–H and O–H groups in total. The van der Waals surface area contributed by atoms with Crippen LogP contribution in [0, 0.1) is 0 Å². The minimum Gasteiger partial charge on any atom is -0.390 e. The Labute approximate surface area is 154 Å². The number of aromatic amines is 1. The van der Waals surface area contributed by atoms with Crippen LogP contribution in [0.5, 0.6) is 0 Å². The topological polar surface area (TPSA) is 189 Å². The van der Waals surface area contributed by atoms with E-state index in [4.69, 9.17) is 20.3 Å². The molecule has 0 spiro atoms. The van der Waals surface area contributed by atoms with Crippen LogP contribution in [-0.4, -0.2) is 56.3 Å².